The maximum Gasteiger partial charge on any atom is 0.0311 e. The molecule has 1 radical (unpaired) electrons. The molecule has 12 heteroatoms. The van der Waals surface area contributed by atoms with Crippen LogP contribution in [0.5, 0.6) is 0 Å². The molecule has 0 aromatic heterocycles. The Morgan fingerprint density at radius 1 is 0.667 bits per heavy atom. The summed E-state index contributed by atoms with van der Waals surface area (Å²) >= 11 is 0. The zero-order valence-corrected chi connectivity index (χ0v) is 11.5. The van der Waals surface area contributed by atoms with Crippen LogP contribution in [0.2, 0.25) is 0 Å². The molecule has 0 fully saturated rings. The SMILES string of the molecule is O=S(=O)([O-])[O-].O=S(=O)([O-])[O-].[Cr].[K]. The Labute approximate surface area is 122 Å². The average molecular weight is 283 g/mol. The van der Waals surface area contributed by atoms with Crippen LogP contribution >= 0.6 is 0 Å². The van der Waals surface area contributed by atoms with Gasteiger partial charge in [0.1, 0.15) is 0 Å². The third-order valence-corrected chi connectivity index (χ3v) is 0. The van der Waals surface area contributed by atoms with Crippen molar-refractivity contribution in [3.63, 3.8) is 0 Å². The van der Waals surface area contributed by atoms with Crippen molar-refractivity contribution in [2.75, 3.05) is 0 Å². The van der Waals surface area contributed by atoms with Crippen LogP contribution in [0, 0.1) is 0 Å². The Kier molecular flexibility index (Phi) is 18.6. The van der Waals surface area contributed by atoms with Crippen LogP contribution in [0.3, 0.4) is 0 Å². The quantitative estimate of drug-likeness (QED) is 0.257. The van der Waals surface area contributed by atoms with E-state index in [1.807, 2.05) is 0 Å². The molecule has 0 bridgehead atoms. The number of hydrogen-bond acceptors (Lipinski definition) is 8. The zero-order valence-electron chi connectivity index (χ0n) is 5.49. The summed E-state index contributed by atoms with van der Waals surface area (Å²) in [5.41, 5.74) is 0. The van der Waals surface area contributed by atoms with Gasteiger partial charge in [-0.25, -0.2) is 0 Å². The van der Waals surface area contributed by atoms with Crippen LogP contribution in [0.25, 0.3) is 0 Å². The van der Waals surface area contributed by atoms with Gasteiger partial charge >= 0.3 is 0 Å². The third kappa shape index (κ3) is 389. The summed E-state index contributed by atoms with van der Waals surface area (Å²) in [6, 6.07) is 0. The van der Waals surface area contributed by atoms with E-state index in [4.69, 9.17) is 35.0 Å². The molecule has 0 unspecified atom stereocenters. The largest absolute Gasteiger partial charge is 0.759 e. The van der Waals surface area contributed by atoms with Crippen molar-refractivity contribution in [1.82, 2.24) is 0 Å². The summed E-state index contributed by atoms with van der Waals surface area (Å²) in [6.07, 6.45) is 0. The predicted octanol–water partition coefficient (Wildman–Crippen LogP) is -3.06. The zero-order chi connectivity index (χ0) is 9.00. The Hall–Kier alpha value is 1.91. The molecule has 0 aliphatic heterocycles. The van der Waals surface area contributed by atoms with Gasteiger partial charge in [0.2, 0.25) is 0 Å². The molecule has 0 N–H and O–H groups in total. The summed E-state index contributed by atoms with van der Waals surface area (Å²) in [4.78, 5) is 0. The maximum absolute atomic E-state index is 8.52. The van der Waals surface area contributed by atoms with Gasteiger partial charge in [0.05, 0.1) is 0 Å². The molecule has 0 aromatic carbocycles. The normalized spacial score (nSPS) is 9.67. The maximum atomic E-state index is 8.52. The molecule has 0 amide bonds. The van der Waals surface area contributed by atoms with Gasteiger partial charge in [-0.05, 0) is 0 Å². The molecule has 0 aromatic rings. The van der Waals surface area contributed by atoms with Crippen molar-refractivity contribution in [1.29, 1.82) is 0 Å². The molecule has 0 aliphatic carbocycles. The first-order valence-corrected chi connectivity index (χ1v) is 4.00. The molecule has 0 spiro atoms. The molecule has 12 heavy (non-hydrogen) atoms. The van der Waals surface area contributed by atoms with E-state index in [1.165, 1.54) is 0 Å². The Balaban J connectivity index is -0.0000000457. The van der Waals surface area contributed by atoms with Crippen LogP contribution in [0.4, 0.5) is 0 Å². The molecule has 0 saturated carbocycles. The fourth-order valence-electron chi connectivity index (χ4n) is 0. The fourth-order valence-corrected chi connectivity index (χ4v) is 0. The van der Waals surface area contributed by atoms with Crippen LogP contribution < -0.4 is 0 Å². The predicted molar refractivity (Wildman–Crippen MR) is 26.7 cm³/mol. The van der Waals surface area contributed by atoms with Crippen molar-refractivity contribution < 1.29 is 52.4 Å². The molecule has 0 saturated heterocycles. The van der Waals surface area contributed by atoms with Gasteiger partial charge in [-0.2, -0.15) is 0 Å². The van der Waals surface area contributed by atoms with Gasteiger partial charge < -0.3 is 18.2 Å². The minimum atomic E-state index is -5.17. The molecule has 0 heterocycles. The van der Waals surface area contributed by atoms with Gasteiger partial charge in [0.25, 0.3) is 0 Å². The summed E-state index contributed by atoms with van der Waals surface area (Å²) in [5, 5.41) is 0. The Bertz CT molecular complexity index is 213. The standard InChI is InChI=1S/Cr.K.2H2O4S/c;;2*1-5(2,3)4/h;;2*(H2,1,2,3,4)/p-4. The van der Waals surface area contributed by atoms with Crippen molar-refractivity contribution in [3.8, 4) is 0 Å². The van der Waals surface area contributed by atoms with Crippen LogP contribution in [-0.4, -0.2) is 86.4 Å². The van der Waals surface area contributed by atoms with Crippen molar-refractivity contribution in [3.05, 3.63) is 0 Å². The number of hydrogen-bond donors (Lipinski definition) is 0. The van der Waals surface area contributed by atoms with Crippen molar-refractivity contribution in [2.45, 2.75) is 0 Å². The molecule has 71 valence electrons. The monoisotopic (exact) mass is 283 g/mol. The first kappa shape index (κ1) is 23.6. The summed E-state index contributed by atoms with van der Waals surface area (Å²) in [7, 11) is -10.3. The van der Waals surface area contributed by atoms with Gasteiger partial charge in [-0.1, -0.05) is 0 Å². The summed E-state index contributed by atoms with van der Waals surface area (Å²) in [6.45, 7) is 0. The van der Waals surface area contributed by atoms with E-state index >= 15 is 0 Å². The number of rotatable bonds is 0. The third-order valence-electron chi connectivity index (χ3n) is 0. The summed E-state index contributed by atoms with van der Waals surface area (Å²) in [5.74, 6) is 0. The molecular formula is CrKO8S2-4. The molecule has 8 nitrogen and oxygen atoms in total. The van der Waals surface area contributed by atoms with Crippen molar-refractivity contribution in [2.24, 2.45) is 0 Å². The van der Waals surface area contributed by atoms with E-state index in [0.717, 1.165) is 0 Å². The Morgan fingerprint density at radius 3 is 0.667 bits per heavy atom. The topological polar surface area (TPSA) is 161 Å². The van der Waals surface area contributed by atoms with E-state index in [9.17, 15) is 0 Å². The minimum Gasteiger partial charge on any atom is -0.759 e. The average Bonchev–Trinajstić information content (AvgIpc) is 1.12. The van der Waals surface area contributed by atoms with E-state index < -0.39 is 20.8 Å². The second kappa shape index (κ2) is 9.46. The fraction of sp³-hybridized carbons (Fsp3) is 0. The van der Waals surface area contributed by atoms with Gasteiger partial charge in [0, 0.05) is 89.5 Å². The molecule has 0 rings (SSSR count). The molecule has 0 aliphatic rings. The first-order valence-electron chi connectivity index (χ1n) is 1.33. The van der Waals surface area contributed by atoms with Crippen LogP contribution in [0.15, 0.2) is 0 Å². The second-order valence-corrected chi connectivity index (χ2v) is 2.45. The summed E-state index contributed by atoms with van der Waals surface area (Å²) < 4.78 is 68.2. The van der Waals surface area contributed by atoms with E-state index in [1.54, 1.807) is 0 Å². The van der Waals surface area contributed by atoms with E-state index in [0.29, 0.717) is 0 Å². The minimum absolute atomic E-state index is 0. The van der Waals surface area contributed by atoms with Crippen LogP contribution in [-0.2, 0) is 38.2 Å². The smallest absolute Gasteiger partial charge is 0.0311 e. The van der Waals surface area contributed by atoms with Crippen LogP contribution in [0.1, 0.15) is 0 Å². The van der Waals surface area contributed by atoms with Gasteiger partial charge in [0.15, 0.2) is 0 Å². The van der Waals surface area contributed by atoms with Gasteiger partial charge in [-0.3, -0.25) is 16.8 Å². The van der Waals surface area contributed by atoms with Gasteiger partial charge in [-0.15, -0.1) is 0 Å². The second-order valence-electron chi connectivity index (χ2n) is 0.816. The molecular weight excluding hydrogens is 283 g/mol. The van der Waals surface area contributed by atoms with Crippen molar-refractivity contribution >= 4 is 72.2 Å². The first-order chi connectivity index (χ1) is 4.00. The van der Waals surface area contributed by atoms with E-state index in [2.05, 4.69) is 0 Å². The molecule has 0 atom stereocenters. The van der Waals surface area contributed by atoms with E-state index in [-0.39, 0.29) is 68.7 Å². The Morgan fingerprint density at radius 2 is 0.667 bits per heavy atom.